The lowest BCUT2D eigenvalue weighted by Crippen LogP contribution is -2.47. The normalized spacial score (nSPS) is 15.7. The summed E-state index contributed by atoms with van der Waals surface area (Å²) in [6.07, 6.45) is 6.93. The molecule has 0 unspecified atom stereocenters. The van der Waals surface area contributed by atoms with Gasteiger partial charge in [-0.25, -0.2) is 14.4 Å². The van der Waals surface area contributed by atoms with Crippen LogP contribution in [0, 0.1) is 5.82 Å². The first-order valence-electron chi connectivity index (χ1n) is 11.6. The van der Waals surface area contributed by atoms with Crippen molar-refractivity contribution >= 4 is 38.8 Å². The highest BCUT2D eigenvalue weighted by atomic mass is 32.1. The van der Waals surface area contributed by atoms with Crippen LogP contribution in [0.2, 0.25) is 0 Å². The van der Waals surface area contributed by atoms with E-state index in [2.05, 4.69) is 9.88 Å². The minimum Gasteiger partial charge on any atom is -0.366 e. The summed E-state index contributed by atoms with van der Waals surface area (Å²) >= 11 is 1.79. The predicted molar refractivity (Wildman–Crippen MR) is 134 cm³/mol. The maximum atomic E-state index is 14.7. The van der Waals surface area contributed by atoms with Crippen molar-refractivity contribution in [2.45, 2.75) is 26.2 Å². The highest BCUT2D eigenvalue weighted by molar-refractivity contribution is 7.19. The van der Waals surface area contributed by atoms with Crippen LogP contribution in [0.1, 0.15) is 34.1 Å². The SMILES string of the molecule is CC(=O)c1ccc(N2CCN(c3nc(-c4cccnc4)nc4sc5c(c34)CCC5)CC2)c(F)c1. The number of pyridine rings is 1. The van der Waals surface area contributed by atoms with Crippen molar-refractivity contribution in [3.05, 3.63) is 64.5 Å². The van der Waals surface area contributed by atoms with Gasteiger partial charge in [0.25, 0.3) is 0 Å². The lowest BCUT2D eigenvalue weighted by Gasteiger charge is -2.37. The first-order chi connectivity index (χ1) is 16.6. The van der Waals surface area contributed by atoms with Gasteiger partial charge in [-0.3, -0.25) is 9.78 Å². The summed E-state index contributed by atoms with van der Waals surface area (Å²) in [4.78, 5) is 32.6. The molecule has 0 radical (unpaired) electrons. The monoisotopic (exact) mass is 473 g/mol. The molecule has 1 fully saturated rings. The average Bonchev–Trinajstić information content (AvgIpc) is 3.45. The third-order valence-electron chi connectivity index (χ3n) is 6.74. The maximum absolute atomic E-state index is 14.7. The number of piperazine rings is 1. The smallest absolute Gasteiger partial charge is 0.164 e. The number of carbonyl (C=O) groups is 1. The Bertz CT molecular complexity index is 1400. The molecule has 3 aromatic heterocycles. The quantitative estimate of drug-likeness (QED) is 0.393. The first-order valence-corrected chi connectivity index (χ1v) is 12.4. The van der Waals surface area contributed by atoms with Gasteiger partial charge in [0.1, 0.15) is 16.5 Å². The number of hydrogen-bond acceptors (Lipinski definition) is 7. The highest BCUT2D eigenvalue weighted by Gasteiger charge is 2.28. The van der Waals surface area contributed by atoms with Crippen molar-refractivity contribution in [1.82, 2.24) is 15.0 Å². The predicted octanol–water partition coefficient (Wildman–Crippen LogP) is 4.91. The molecule has 0 amide bonds. The van der Waals surface area contributed by atoms with Crippen molar-refractivity contribution in [2.75, 3.05) is 36.0 Å². The van der Waals surface area contributed by atoms with E-state index in [0.29, 0.717) is 30.2 Å². The van der Waals surface area contributed by atoms with Gasteiger partial charge in [-0.15, -0.1) is 11.3 Å². The Hall–Kier alpha value is -3.39. The third kappa shape index (κ3) is 3.62. The van der Waals surface area contributed by atoms with Crippen LogP contribution in [-0.4, -0.2) is 46.9 Å². The van der Waals surface area contributed by atoms with Gasteiger partial charge in [0.05, 0.1) is 11.1 Å². The Morgan fingerprint density at radius 2 is 1.88 bits per heavy atom. The van der Waals surface area contributed by atoms with Crippen LogP contribution in [0.4, 0.5) is 15.9 Å². The van der Waals surface area contributed by atoms with Crippen LogP contribution in [0.5, 0.6) is 0 Å². The molecule has 4 heterocycles. The van der Waals surface area contributed by atoms with Crippen molar-refractivity contribution in [1.29, 1.82) is 0 Å². The molecule has 0 N–H and O–H groups in total. The maximum Gasteiger partial charge on any atom is 0.164 e. The van der Waals surface area contributed by atoms with E-state index in [-0.39, 0.29) is 11.6 Å². The number of fused-ring (bicyclic) bond motifs is 3. The number of nitrogens with zero attached hydrogens (tertiary/aromatic N) is 5. The molecular weight excluding hydrogens is 449 g/mol. The van der Waals surface area contributed by atoms with Crippen molar-refractivity contribution in [3.63, 3.8) is 0 Å². The Kier molecular flexibility index (Phi) is 5.25. The second kappa shape index (κ2) is 8.43. The van der Waals surface area contributed by atoms with E-state index in [0.717, 1.165) is 42.1 Å². The average molecular weight is 474 g/mol. The summed E-state index contributed by atoms with van der Waals surface area (Å²) in [7, 11) is 0. The lowest BCUT2D eigenvalue weighted by atomic mass is 10.1. The van der Waals surface area contributed by atoms with Gasteiger partial charge in [0.15, 0.2) is 11.6 Å². The summed E-state index contributed by atoms with van der Waals surface area (Å²) in [5.74, 6) is 1.20. The number of carbonyl (C=O) groups excluding carboxylic acids is 1. The summed E-state index contributed by atoms with van der Waals surface area (Å²) in [5.41, 5.74) is 3.26. The van der Waals surface area contributed by atoms with Gasteiger partial charge in [0, 0.05) is 54.6 Å². The molecule has 0 spiro atoms. The van der Waals surface area contributed by atoms with Crippen molar-refractivity contribution in [2.24, 2.45) is 0 Å². The number of halogens is 1. The minimum absolute atomic E-state index is 0.129. The zero-order chi connectivity index (χ0) is 23.2. The zero-order valence-corrected chi connectivity index (χ0v) is 19.7. The molecule has 1 aromatic carbocycles. The molecule has 172 valence electrons. The fourth-order valence-corrected chi connectivity index (χ4v) is 6.23. The van der Waals surface area contributed by atoms with Crippen LogP contribution < -0.4 is 9.80 Å². The number of aryl methyl sites for hydroxylation is 2. The Labute approximate surface area is 201 Å². The summed E-state index contributed by atoms with van der Waals surface area (Å²) < 4.78 is 14.7. The van der Waals surface area contributed by atoms with Gasteiger partial charge < -0.3 is 9.80 Å². The third-order valence-corrected chi connectivity index (χ3v) is 7.93. The summed E-state index contributed by atoms with van der Waals surface area (Å²) in [5, 5.41) is 1.19. The van der Waals surface area contributed by atoms with E-state index in [4.69, 9.17) is 9.97 Å². The fourth-order valence-electron chi connectivity index (χ4n) is 4.97. The number of ketones is 1. The Balaban J connectivity index is 1.33. The van der Waals surface area contributed by atoms with Crippen LogP contribution >= 0.6 is 11.3 Å². The van der Waals surface area contributed by atoms with Crippen LogP contribution in [0.25, 0.3) is 21.6 Å². The fraction of sp³-hybridized carbons (Fsp3) is 0.308. The summed E-state index contributed by atoms with van der Waals surface area (Å²) in [6.45, 7) is 4.28. The number of anilines is 2. The van der Waals surface area contributed by atoms with E-state index in [1.807, 2.05) is 17.0 Å². The van der Waals surface area contributed by atoms with Gasteiger partial charge in [-0.05, 0) is 62.1 Å². The molecule has 2 aliphatic rings. The number of rotatable bonds is 4. The van der Waals surface area contributed by atoms with Crippen LogP contribution in [-0.2, 0) is 12.8 Å². The molecule has 0 saturated carbocycles. The Morgan fingerprint density at radius 1 is 1.06 bits per heavy atom. The molecule has 1 aliphatic carbocycles. The number of aromatic nitrogens is 3. The number of Topliss-reactive ketones (excluding diaryl/α,β-unsaturated/α-hetero) is 1. The minimum atomic E-state index is -0.347. The van der Waals surface area contributed by atoms with Gasteiger partial charge in [0.2, 0.25) is 0 Å². The van der Waals surface area contributed by atoms with E-state index < -0.39 is 0 Å². The molecule has 1 aliphatic heterocycles. The molecule has 34 heavy (non-hydrogen) atoms. The van der Waals surface area contributed by atoms with Crippen molar-refractivity contribution in [3.8, 4) is 11.4 Å². The van der Waals surface area contributed by atoms with Crippen LogP contribution in [0.15, 0.2) is 42.7 Å². The van der Waals surface area contributed by atoms with Crippen LogP contribution in [0.3, 0.4) is 0 Å². The van der Waals surface area contributed by atoms with E-state index >= 15 is 0 Å². The van der Waals surface area contributed by atoms with Gasteiger partial charge >= 0.3 is 0 Å². The molecular formula is C26H24FN5OS. The topological polar surface area (TPSA) is 62.2 Å². The van der Waals surface area contributed by atoms with Gasteiger partial charge in [-0.1, -0.05) is 0 Å². The van der Waals surface area contributed by atoms with E-state index in [9.17, 15) is 9.18 Å². The second-order valence-corrected chi connectivity index (χ2v) is 9.93. The molecule has 6 rings (SSSR count). The van der Waals surface area contributed by atoms with Gasteiger partial charge in [-0.2, -0.15) is 0 Å². The van der Waals surface area contributed by atoms with Crippen molar-refractivity contribution < 1.29 is 9.18 Å². The molecule has 0 atom stereocenters. The first kappa shape index (κ1) is 21.2. The largest absolute Gasteiger partial charge is 0.366 e. The molecule has 1 saturated heterocycles. The van der Waals surface area contributed by atoms with E-state index in [1.165, 1.54) is 35.2 Å². The zero-order valence-electron chi connectivity index (χ0n) is 18.9. The standard InChI is InChI=1S/C26H24FN5OS/c1-16(33)17-7-8-21(20(27)14-17)31-10-12-32(13-11-31)25-23-19-5-2-6-22(19)34-26(23)30-24(29-25)18-4-3-9-28-15-18/h3-4,7-9,14-15H,2,5-6,10-13H2,1H3. The summed E-state index contributed by atoms with van der Waals surface area (Å²) in [6, 6.07) is 8.66. The molecule has 8 heteroatoms. The number of benzene rings is 1. The molecule has 4 aromatic rings. The highest BCUT2D eigenvalue weighted by Crippen LogP contribution is 2.41. The number of hydrogen-bond donors (Lipinski definition) is 0. The molecule has 6 nitrogen and oxygen atoms in total. The number of thiophene rings is 1. The van der Waals surface area contributed by atoms with E-state index in [1.54, 1.807) is 35.9 Å². The second-order valence-electron chi connectivity index (χ2n) is 8.85. The lowest BCUT2D eigenvalue weighted by molar-refractivity contribution is 0.101. The molecule has 0 bridgehead atoms. The Morgan fingerprint density at radius 3 is 2.62 bits per heavy atom.